The van der Waals surface area contributed by atoms with Crippen molar-refractivity contribution in [2.24, 2.45) is 0 Å². The summed E-state index contributed by atoms with van der Waals surface area (Å²) in [7, 11) is 1.44. The van der Waals surface area contributed by atoms with E-state index in [0.29, 0.717) is 37.4 Å². The van der Waals surface area contributed by atoms with E-state index in [2.05, 4.69) is 15.5 Å². The number of likely N-dealkylation sites (tertiary alicyclic amines) is 1. The van der Waals surface area contributed by atoms with Gasteiger partial charge in [0, 0.05) is 43.7 Å². The Morgan fingerprint density at radius 3 is 2.61 bits per heavy atom. The molecule has 3 N–H and O–H groups in total. The summed E-state index contributed by atoms with van der Waals surface area (Å²) >= 11 is 0. The number of piperidine rings is 1. The van der Waals surface area contributed by atoms with E-state index in [0.717, 1.165) is 0 Å². The zero-order chi connectivity index (χ0) is 29.5. The first-order chi connectivity index (χ1) is 19.6. The molecule has 222 valence electrons. The van der Waals surface area contributed by atoms with E-state index in [-0.39, 0.29) is 28.7 Å². The van der Waals surface area contributed by atoms with Crippen LogP contribution in [0.3, 0.4) is 0 Å². The van der Waals surface area contributed by atoms with Crippen LogP contribution in [0.15, 0.2) is 28.9 Å². The number of rotatable bonds is 7. The van der Waals surface area contributed by atoms with Crippen LogP contribution in [0.5, 0.6) is 0 Å². The van der Waals surface area contributed by atoms with Crippen molar-refractivity contribution in [1.29, 1.82) is 0 Å². The fourth-order valence-electron chi connectivity index (χ4n) is 5.66. The van der Waals surface area contributed by atoms with E-state index < -0.39 is 54.8 Å². The van der Waals surface area contributed by atoms with E-state index >= 15 is 0 Å². The molecule has 2 aliphatic heterocycles. The normalized spacial score (nSPS) is 26.3. The van der Waals surface area contributed by atoms with Crippen molar-refractivity contribution in [2.75, 3.05) is 26.8 Å². The summed E-state index contributed by atoms with van der Waals surface area (Å²) in [6.07, 6.45) is -1.97. The number of carbonyl (C=O) groups is 1. The fourth-order valence-corrected chi connectivity index (χ4v) is 5.66. The van der Waals surface area contributed by atoms with Gasteiger partial charge in [-0.2, -0.15) is 0 Å². The number of halogens is 2. The first-order valence-corrected chi connectivity index (χ1v) is 13.3. The van der Waals surface area contributed by atoms with Crippen molar-refractivity contribution in [2.45, 2.75) is 69.0 Å². The monoisotopic (exact) mass is 577 g/mol. The molecular formula is C27H33F2N5O7. The highest BCUT2D eigenvalue weighted by atomic mass is 19.2. The van der Waals surface area contributed by atoms with Crippen LogP contribution in [-0.4, -0.2) is 97.7 Å². The van der Waals surface area contributed by atoms with Crippen LogP contribution < -0.4 is 0 Å². The van der Waals surface area contributed by atoms with Crippen LogP contribution in [0.2, 0.25) is 0 Å². The smallest absolute Gasteiger partial charge is 0.407 e. The average Bonchev–Trinajstić information content (AvgIpc) is 3.63. The van der Waals surface area contributed by atoms with Crippen molar-refractivity contribution in [3.8, 4) is 11.3 Å². The summed E-state index contributed by atoms with van der Waals surface area (Å²) in [5, 5.41) is 42.7. The molecule has 1 aromatic carbocycles. The van der Waals surface area contributed by atoms with Crippen molar-refractivity contribution in [3.05, 3.63) is 53.0 Å². The molecule has 2 aliphatic rings. The average molecular weight is 578 g/mol. The Balaban J connectivity index is 1.38. The number of aliphatic hydroxyl groups excluding tert-OH is 2. The molecule has 41 heavy (non-hydrogen) atoms. The summed E-state index contributed by atoms with van der Waals surface area (Å²) in [4.78, 5) is 12.7. The number of ether oxygens (including phenoxy) is 2. The maximum atomic E-state index is 14.6. The van der Waals surface area contributed by atoms with Gasteiger partial charge in [-0.1, -0.05) is 23.4 Å². The molecule has 0 radical (unpaired) electrons. The predicted octanol–water partition coefficient (Wildman–Crippen LogP) is 2.47. The summed E-state index contributed by atoms with van der Waals surface area (Å²) in [5.41, 5.74) is 0.472. The van der Waals surface area contributed by atoms with E-state index in [4.69, 9.17) is 14.0 Å². The molecule has 0 bridgehead atoms. The lowest BCUT2D eigenvalue weighted by Crippen LogP contribution is -2.57. The molecule has 4 heterocycles. The van der Waals surface area contributed by atoms with Crippen LogP contribution >= 0.6 is 0 Å². The summed E-state index contributed by atoms with van der Waals surface area (Å²) in [6, 6.07) is 3.76. The van der Waals surface area contributed by atoms with Gasteiger partial charge in [-0.15, -0.1) is 5.10 Å². The van der Waals surface area contributed by atoms with Gasteiger partial charge in [0.05, 0.1) is 24.6 Å². The molecule has 0 unspecified atom stereocenters. The molecule has 2 saturated heterocycles. The summed E-state index contributed by atoms with van der Waals surface area (Å²) in [5.74, 6) is -1.55. The van der Waals surface area contributed by atoms with Crippen LogP contribution in [-0.2, 0) is 21.3 Å². The molecule has 1 amide bonds. The highest BCUT2D eigenvalue weighted by Gasteiger charge is 2.47. The zero-order valence-corrected chi connectivity index (χ0v) is 22.9. The first kappa shape index (κ1) is 29.0. The molecule has 2 aromatic heterocycles. The number of nitrogens with zero attached hydrogens (tertiary/aromatic N) is 5. The highest BCUT2D eigenvalue weighted by Crippen LogP contribution is 2.37. The molecule has 5 rings (SSSR count). The lowest BCUT2D eigenvalue weighted by Gasteiger charge is -2.43. The van der Waals surface area contributed by atoms with E-state index in [1.54, 1.807) is 0 Å². The van der Waals surface area contributed by atoms with Gasteiger partial charge < -0.3 is 34.2 Å². The molecule has 2 fully saturated rings. The van der Waals surface area contributed by atoms with Crippen molar-refractivity contribution in [3.63, 3.8) is 0 Å². The number of carboxylic acid groups (broad SMARTS) is 1. The van der Waals surface area contributed by atoms with E-state index in [1.807, 2.05) is 13.0 Å². The van der Waals surface area contributed by atoms with Crippen LogP contribution in [0.25, 0.3) is 11.3 Å². The largest absolute Gasteiger partial charge is 0.465 e. The second-order valence-corrected chi connectivity index (χ2v) is 10.9. The second-order valence-electron chi connectivity index (χ2n) is 10.9. The second kappa shape index (κ2) is 11.4. The minimum Gasteiger partial charge on any atom is -0.465 e. The van der Waals surface area contributed by atoms with Crippen molar-refractivity contribution in [1.82, 2.24) is 25.1 Å². The minimum absolute atomic E-state index is 0.0640. The molecule has 3 aromatic rings. The van der Waals surface area contributed by atoms with E-state index in [9.17, 15) is 28.9 Å². The number of aliphatic hydroxyl groups is 2. The van der Waals surface area contributed by atoms with Gasteiger partial charge in [0.15, 0.2) is 11.6 Å². The standard InChI is InChI=1S/C27H33F2N5O7/c1-14-4-5-16(22(29)21(14)28)17-12-34(32-30-17)23-24(36)19(13-35)40-18(25(23)39-3)10-15-11-20(31-41-15)27(2)6-8-33(9-7-27)26(37)38/h4-5,11-12,18-19,23-25,35-36H,6-10,13H2,1-3H3,(H,37,38)/t18-,19-,23+,24+,25+/m1/s1. The molecule has 0 aliphatic carbocycles. The van der Waals surface area contributed by atoms with Gasteiger partial charge in [0.1, 0.15) is 35.8 Å². The Morgan fingerprint density at radius 1 is 1.22 bits per heavy atom. The lowest BCUT2D eigenvalue weighted by molar-refractivity contribution is -0.212. The van der Waals surface area contributed by atoms with Crippen molar-refractivity contribution >= 4 is 6.09 Å². The summed E-state index contributed by atoms with van der Waals surface area (Å²) < 4.78 is 47.5. The first-order valence-electron chi connectivity index (χ1n) is 13.3. The van der Waals surface area contributed by atoms with Crippen LogP contribution in [0.1, 0.15) is 42.8 Å². The topological polar surface area (TPSA) is 156 Å². The maximum Gasteiger partial charge on any atom is 0.407 e. The van der Waals surface area contributed by atoms with E-state index in [1.165, 1.54) is 41.9 Å². The highest BCUT2D eigenvalue weighted by molar-refractivity contribution is 5.65. The van der Waals surface area contributed by atoms with Crippen LogP contribution in [0, 0.1) is 18.6 Å². The van der Waals surface area contributed by atoms with Crippen LogP contribution in [0.4, 0.5) is 13.6 Å². The number of benzene rings is 1. The fraction of sp³-hybridized carbons (Fsp3) is 0.556. The number of amides is 1. The van der Waals surface area contributed by atoms with Gasteiger partial charge in [0.2, 0.25) is 0 Å². The third-order valence-electron chi connectivity index (χ3n) is 8.32. The lowest BCUT2D eigenvalue weighted by atomic mass is 9.77. The van der Waals surface area contributed by atoms with Gasteiger partial charge in [-0.3, -0.25) is 0 Å². The number of aromatic nitrogens is 4. The summed E-state index contributed by atoms with van der Waals surface area (Å²) in [6.45, 7) is 3.76. The molecule has 12 nitrogen and oxygen atoms in total. The Kier molecular flexibility index (Phi) is 8.10. The van der Waals surface area contributed by atoms with Gasteiger partial charge in [-0.25, -0.2) is 18.3 Å². The van der Waals surface area contributed by atoms with Crippen molar-refractivity contribution < 1.29 is 42.9 Å². The molecular weight excluding hydrogens is 544 g/mol. The minimum atomic E-state index is -1.26. The quantitative estimate of drug-likeness (QED) is 0.381. The number of aryl methyl sites for hydroxylation is 1. The Hall–Kier alpha value is -3.46. The molecule has 0 saturated carbocycles. The third kappa shape index (κ3) is 5.44. The Morgan fingerprint density at radius 2 is 1.95 bits per heavy atom. The van der Waals surface area contributed by atoms with Gasteiger partial charge >= 0.3 is 6.09 Å². The zero-order valence-electron chi connectivity index (χ0n) is 22.9. The predicted molar refractivity (Wildman–Crippen MR) is 138 cm³/mol. The Labute approximate surface area is 234 Å². The Bertz CT molecular complexity index is 1390. The molecule has 14 heteroatoms. The number of hydrogen-bond acceptors (Lipinski definition) is 9. The van der Waals surface area contributed by atoms with Gasteiger partial charge in [0.25, 0.3) is 0 Å². The SMILES string of the molecule is CO[C@@H]1[C@@H](n2cc(-c3ccc(C)c(F)c3F)nn2)[C@@H](O)[C@@H](CO)O[C@@H]1Cc1cc(C2(C)CCN(C(=O)O)CC2)no1. The molecule has 0 spiro atoms. The van der Waals surface area contributed by atoms with Gasteiger partial charge in [-0.05, 0) is 31.4 Å². The maximum absolute atomic E-state index is 14.6. The third-order valence-corrected chi connectivity index (χ3v) is 8.32. The molecule has 5 atom stereocenters. The number of methoxy groups -OCH3 is 1. The number of hydrogen-bond donors (Lipinski definition) is 3.